The highest BCUT2D eigenvalue weighted by Gasteiger charge is 2.61. The Bertz CT molecular complexity index is 1820. The third kappa shape index (κ3) is 11.3. The van der Waals surface area contributed by atoms with Gasteiger partial charge < -0.3 is 30.1 Å². The number of likely N-dealkylation sites (tertiary alicyclic amines) is 1. The first-order valence-corrected chi connectivity index (χ1v) is 21.4. The smallest absolute Gasteiger partial charge is 0.444 e. The number of ether oxygens (including phenoxy) is 2. The van der Waals surface area contributed by atoms with Crippen molar-refractivity contribution in [2.45, 2.75) is 135 Å². The van der Waals surface area contributed by atoms with Gasteiger partial charge in [-0.25, -0.2) is 13.2 Å². The molecule has 4 amide bonds. The van der Waals surface area contributed by atoms with Gasteiger partial charge in [0.05, 0.1) is 23.2 Å². The standard InChI is InChI=1S/C41H61N5O9S/c1-10-15-26(16-11-2)30-17-13-14-18-31(30)43-37(50)54-28-23-32(46(25-28)35(48)33(39(4,5)6)44-38(51)55-40(7,8)9)34(47)45-41(24-27(41)12-3)36(49)42-21-22-56(52,53)29-19-20-29/h10,13-18,27-29,32-33H,11-12,19-25H2,1-9H3,(H,42,49)(H,43,50)(H,44,51)(H,45,47)/p+1/b15-10-,26-16+/t27?,28-,32?,33-,41-/m1/s1. The second-order valence-electron chi connectivity index (χ2n) is 17.1. The summed E-state index contributed by atoms with van der Waals surface area (Å²) in [4.78, 5) is 60.0. The van der Waals surface area contributed by atoms with E-state index in [0.29, 0.717) is 31.4 Å². The van der Waals surface area contributed by atoms with Crippen LogP contribution in [-0.4, -0.2) is 102 Å². The van der Waals surface area contributed by atoms with Crippen LogP contribution < -0.4 is 20.9 Å². The minimum Gasteiger partial charge on any atom is -0.444 e. The molecule has 3 fully saturated rings. The lowest BCUT2D eigenvalue weighted by Crippen LogP contribution is -2.87. The largest absolute Gasteiger partial charge is 0.546 e. The highest BCUT2D eigenvalue weighted by atomic mass is 32.2. The van der Waals surface area contributed by atoms with Crippen LogP contribution in [-0.2, 0) is 33.7 Å². The summed E-state index contributed by atoms with van der Waals surface area (Å²) in [7, 11) is -3.30. The van der Waals surface area contributed by atoms with Crippen molar-refractivity contribution in [3.63, 3.8) is 0 Å². The van der Waals surface area contributed by atoms with Crippen LogP contribution in [0, 0.1) is 11.3 Å². The number of carbonyl (C=O) groups is 4. The van der Waals surface area contributed by atoms with E-state index >= 15 is 0 Å². The Morgan fingerprint density at radius 3 is 2.34 bits per heavy atom. The fraction of sp³-hybridized carbons (Fsp3) is 0.634. The zero-order valence-corrected chi connectivity index (χ0v) is 35.2. The summed E-state index contributed by atoms with van der Waals surface area (Å²) in [6, 6.07) is 5.09. The Morgan fingerprint density at radius 2 is 1.77 bits per heavy atom. The van der Waals surface area contributed by atoms with Crippen molar-refractivity contribution < 1.29 is 47.2 Å². The van der Waals surface area contributed by atoms with Crippen molar-refractivity contribution in [2.75, 3.05) is 24.2 Å². The molecule has 2 saturated carbocycles. The van der Waals surface area contributed by atoms with Crippen molar-refractivity contribution in [1.82, 2.24) is 15.5 Å². The molecule has 1 aliphatic heterocycles. The molecule has 0 bridgehead atoms. The van der Waals surface area contributed by atoms with E-state index in [1.54, 1.807) is 53.7 Å². The van der Waals surface area contributed by atoms with Crippen LogP contribution in [0.15, 0.2) is 42.5 Å². The van der Waals surface area contributed by atoms with Crippen LogP contribution in [0.5, 0.6) is 0 Å². The maximum absolute atomic E-state index is 14.5. The van der Waals surface area contributed by atoms with E-state index in [2.05, 4.69) is 20.9 Å². The molecule has 310 valence electrons. The Hall–Kier alpha value is -4.40. The van der Waals surface area contributed by atoms with E-state index in [9.17, 15) is 32.7 Å². The molecule has 4 rings (SSSR count). The van der Waals surface area contributed by atoms with Crippen molar-refractivity contribution in [1.29, 1.82) is 0 Å². The number of anilines is 1. The quantitative estimate of drug-likeness (QED) is 0.0998. The SMILES string of the molecule is C/C=C\C(=C/CC)c1ccccc1NC(=O)O[C@@H]1CC(C(=O)N[C@]2(C(=O)NCCS(=O)(=O)C3CC3)CC2CC)N(C(=O)[C@@H]([NH+]=C(O)OC(C)(C)C)C(C)(C)C)C1. The van der Waals surface area contributed by atoms with Crippen molar-refractivity contribution in [3.05, 3.63) is 48.1 Å². The summed E-state index contributed by atoms with van der Waals surface area (Å²) in [5.74, 6) is -2.02. The second-order valence-corrected chi connectivity index (χ2v) is 19.5. The molecule has 1 saturated heterocycles. The van der Waals surface area contributed by atoms with Crippen molar-refractivity contribution in [3.8, 4) is 0 Å². The average molecular weight is 801 g/mol. The van der Waals surface area contributed by atoms with Crippen LogP contribution in [0.1, 0.15) is 106 Å². The normalized spacial score (nSPS) is 23.7. The molecule has 56 heavy (non-hydrogen) atoms. The topological polar surface area (TPSA) is 194 Å². The molecule has 0 aromatic heterocycles. The third-order valence-corrected chi connectivity index (χ3v) is 12.5. The maximum atomic E-state index is 14.5. The first kappa shape index (κ1) is 44.3. The Balaban J connectivity index is 1.60. The van der Waals surface area contributed by atoms with E-state index in [-0.39, 0.29) is 36.4 Å². The number of benzene rings is 1. The van der Waals surface area contributed by atoms with Gasteiger partial charge in [0.15, 0.2) is 9.84 Å². The number of para-hydroxylation sites is 1. The number of nitrogens with one attached hydrogen (secondary N) is 4. The predicted octanol–water partition coefficient (Wildman–Crippen LogP) is 3.78. The van der Waals surface area contributed by atoms with Gasteiger partial charge in [0.2, 0.25) is 17.9 Å². The molecular weight excluding hydrogens is 739 g/mol. The Labute approximate surface area is 331 Å². The van der Waals surface area contributed by atoms with Crippen molar-refractivity contribution in [2.24, 2.45) is 11.3 Å². The van der Waals surface area contributed by atoms with Gasteiger partial charge in [-0.3, -0.25) is 19.7 Å². The van der Waals surface area contributed by atoms with Crippen LogP contribution >= 0.6 is 0 Å². The van der Waals surface area contributed by atoms with Crippen LogP contribution in [0.2, 0.25) is 0 Å². The highest BCUT2D eigenvalue weighted by Crippen LogP contribution is 2.46. The number of amides is 4. The molecular formula is C41H62N5O9S+. The van der Waals surface area contributed by atoms with E-state index in [1.165, 1.54) is 4.90 Å². The maximum Gasteiger partial charge on any atom is 0.546 e. The molecule has 5 N–H and O–H groups in total. The lowest BCUT2D eigenvalue weighted by molar-refractivity contribution is -0.526. The molecule has 1 aromatic carbocycles. The van der Waals surface area contributed by atoms with Gasteiger partial charge in [0.25, 0.3) is 5.91 Å². The molecule has 1 heterocycles. The minimum atomic E-state index is -3.30. The molecule has 2 aliphatic carbocycles. The fourth-order valence-corrected chi connectivity index (χ4v) is 8.68. The summed E-state index contributed by atoms with van der Waals surface area (Å²) in [6.45, 7) is 16.2. The number of aliphatic hydroxyl groups excluding tert-OH is 1. The zero-order chi connectivity index (χ0) is 41.6. The van der Waals surface area contributed by atoms with E-state index in [4.69, 9.17) is 9.47 Å². The van der Waals surface area contributed by atoms with E-state index in [1.807, 2.05) is 51.1 Å². The van der Waals surface area contributed by atoms with E-state index in [0.717, 1.165) is 17.6 Å². The molecule has 5 atom stereocenters. The molecule has 3 aliphatic rings. The third-order valence-electron chi connectivity index (χ3n) is 10.2. The molecule has 1 aromatic rings. The summed E-state index contributed by atoms with van der Waals surface area (Å²) < 4.78 is 36.4. The molecule has 14 nitrogen and oxygen atoms in total. The number of hydrogen-bond acceptors (Lipinski definition) is 8. The Morgan fingerprint density at radius 1 is 1.09 bits per heavy atom. The number of aliphatic hydroxyl groups is 1. The first-order chi connectivity index (χ1) is 26.2. The minimum absolute atomic E-state index is 0.0641. The molecule has 0 spiro atoms. The van der Waals surface area contributed by atoms with Gasteiger partial charge in [-0.1, -0.05) is 77.5 Å². The van der Waals surface area contributed by atoms with Gasteiger partial charge in [-0.2, -0.15) is 4.99 Å². The van der Waals surface area contributed by atoms with Gasteiger partial charge in [-0.05, 0) is 70.9 Å². The number of carbonyl (C=O) groups excluding carboxylic acids is 4. The summed E-state index contributed by atoms with van der Waals surface area (Å²) in [6.07, 6.45) is 6.57. The summed E-state index contributed by atoms with van der Waals surface area (Å²) in [5, 5.41) is 18.9. The highest BCUT2D eigenvalue weighted by molar-refractivity contribution is 7.92. The van der Waals surface area contributed by atoms with Crippen LogP contribution in [0.25, 0.3) is 5.57 Å². The second kappa shape index (κ2) is 17.8. The predicted molar refractivity (Wildman–Crippen MR) is 215 cm³/mol. The van der Waals surface area contributed by atoms with Gasteiger partial charge in [0, 0.05) is 23.9 Å². The summed E-state index contributed by atoms with van der Waals surface area (Å²) in [5.41, 5.74) is -0.620. The van der Waals surface area contributed by atoms with Crippen LogP contribution in [0.4, 0.5) is 10.5 Å². The van der Waals surface area contributed by atoms with Crippen molar-refractivity contribution >= 4 is 51.0 Å². The first-order valence-electron chi connectivity index (χ1n) is 19.7. The van der Waals surface area contributed by atoms with Crippen LogP contribution in [0.3, 0.4) is 0 Å². The summed E-state index contributed by atoms with van der Waals surface area (Å²) >= 11 is 0. The lowest BCUT2D eigenvalue weighted by Gasteiger charge is -2.30. The molecule has 15 heteroatoms. The number of allylic oxidation sites excluding steroid dienone is 4. The van der Waals surface area contributed by atoms with Gasteiger partial charge >= 0.3 is 12.2 Å². The zero-order valence-electron chi connectivity index (χ0n) is 34.4. The van der Waals surface area contributed by atoms with E-state index < -0.39 is 74.5 Å². The number of nitrogens with zero attached hydrogens (tertiary/aromatic N) is 1. The average Bonchev–Trinajstić information content (AvgIpc) is 4.03. The number of sulfone groups is 1. The monoisotopic (exact) mass is 800 g/mol. The van der Waals surface area contributed by atoms with Gasteiger partial charge in [0.1, 0.15) is 23.3 Å². The number of rotatable bonds is 15. The van der Waals surface area contributed by atoms with Gasteiger partial charge in [-0.15, -0.1) is 0 Å². The lowest BCUT2D eigenvalue weighted by atomic mass is 9.86. The fourth-order valence-electron chi connectivity index (χ4n) is 7.11. The molecule has 2 unspecified atom stereocenters. The number of hydrogen-bond donors (Lipinski definition) is 5. The molecule has 0 radical (unpaired) electrons. The Kier molecular flexibility index (Phi) is 14.1.